The van der Waals surface area contributed by atoms with Crippen LogP contribution >= 0.6 is 0 Å². The maximum Gasteiger partial charge on any atom is -0.0353 e. The predicted molar refractivity (Wildman–Crippen MR) is 29.7 cm³/mol. The zero-order chi connectivity index (χ0) is 4.83. The SMILES string of the molecule is C/C=C/CC[13CH3]. The van der Waals surface area contributed by atoms with Crippen molar-refractivity contribution in [2.45, 2.75) is 26.7 Å². The van der Waals surface area contributed by atoms with Gasteiger partial charge in [0, 0.05) is 0 Å². The summed E-state index contributed by atoms with van der Waals surface area (Å²) in [7, 11) is 0. The Morgan fingerprint density at radius 3 is 2.33 bits per heavy atom. The summed E-state index contributed by atoms with van der Waals surface area (Å²) in [5, 5.41) is 0. The largest absolute Gasteiger partial charge is 0.0917 e. The second-order valence-electron chi connectivity index (χ2n) is 1.36. The van der Waals surface area contributed by atoms with Gasteiger partial charge in [-0.25, -0.2) is 0 Å². The highest BCUT2D eigenvalue weighted by molar-refractivity contribution is 4.75. The topological polar surface area (TPSA) is 0 Å². The van der Waals surface area contributed by atoms with Crippen LogP contribution in [0.2, 0.25) is 0 Å². The third-order valence-electron chi connectivity index (χ3n) is 0.691. The van der Waals surface area contributed by atoms with Crippen molar-refractivity contribution in [1.82, 2.24) is 0 Å². The van der Waals surface area contributed by atoms with Gasteiger partial charge in [0.1, 0.15) is 0 Å². The summed E-state index contributed by atoms with van der Waals surface area (Å²) in [5.41, 5.74) is 0. The summed E-state index contributed by atoms with van der Waals surface area (Å²) >= 11 is 0. The van der Waals surface area contributed by atoms with Gasteiger partial charge in [-0.05, 0) is 13.3 Å². The summed E-state index contributed by atoms with van der Waals surface area (Å²) in [6, 6.07) is 0. The normalized spacial score (nSPS) is 10.3. The lowest BCUT2D eigenvalue weighted by atomic mass is 10.4. The average Bonchev–Trinajstić information content (AvgIpc) is 1.61. The van der Waals surface area contributed by atoms with Gasteiger partial charge in [-0.1, -0.05) is 25.5 Å². The highest BCUT2D eigenvalue weighted by Crippen LogP contribution is 1.85. The van der Waals surface area contributed by atoms with E-state index in [1.165, 1.54) is 12.8 Å². The Labute approximate surface area is 39.9 Å². The van der Waals surface area contributed by atoms with Crippen LogP contribution in [-0.4, -0.2) is 0 Å². The van der Waals surface area contributed by atoms with Gasteiger partial charge in [0.05, 0.1) is 0 Å². The minimum Gasteiger partial charge on any atom is -0.0917 e. The molecular formula is C6H12. The smallest absolute Gasteiger partial charge is 0.0353 e. The molecule has 0 nitrogen and oxygen atoms in total. The first-order chi connectivity index (χ1) is 2.91. The van der Waals surface area contributed by atoms with E-state index < -0.39 is 0 Å². The lowest BCUT2D eigenvalue weighted by Gasteiger charge is -1.76. The van der Waals surface area contributed by atoms with Crippen molar-refractivity contribution >= 4 is 0 Å². The summed E-state index contributed by atoms with van der Waals surface area (Å²) in [4.78, 5) is 0. The third-order valence-corrected chi connectivity index (χ3v) is 0.691. The average molecular weight is 85.2 g/mol. The van der Waals surface area contributed by atoms with E-state index in [9.17, 15) is 0 Å². The fourth-order valence-corrected chi connectivity index (χ4v) is 0.333. The Balaban J connectivity index is 2.66. The molecule has 0 saturated carbocycles. The quantitative estimate of drug-likeness (QED) is 0.356. The van der Waals surface area contributed by atoms with Gasteiger partial charge >= 0.3 is 0 Å². The summed E-state index contributed by atoms with van der Waals surface area (Å²) in [5.74, 6) is 0. The summed E-state index contributed by atoms with van der Waals surface area (Å²) in [6.45, 7) is 4.23. The number of unbranched alkanes of at least 4 members (excludes halogenated alkanes) is 1. The molecule has 36 valence electrons. The van der Waals surface area contributed by atoms with E-state index in [0.29, 0.717) is 0 Å². The molecule has 0 saturated heterocycles. The highest BCUT2D eigenvalue weighted by Gasteiger charge is 1.64. The van der Waals surface area contributed by atoms with Crippen LogP contribution in [0.25, 0.3) is 0 Å². The van der Waals surface area contributed by atoms with E-state index in [-0.39, 0.29) is 0 Å². The van der Waals surface area contributed by atoms with E-state index in [4.69, 9.17) is 0 Å². The minimum atomic E-state index is 1.23. The van der Waals surface area contributed by atoms with E-state index in [2.05, 4.69) is 26.0 Å². The first-order valence-electron chi connectivity index (χ1n) is 2.53. The lowest BCUT2D eigenvalue weighted by molar-refractivity contribution is 0.957. The molecule has 0 heterocycles. The molecule has 0 aliphatic rings. The van der Waals surface area contributed by atoms with Crippen LogP contribution in [0.15, 0.2) is 12.2 Å². The predicted octanol–water partition coefficient (Wildman–Crippen LogP) is 2.36. The van der Waals surface area contributed by atoms with Crippen molar-refractivity contribution in [3.63, 3.8) is 0 Å². The van der Waals surface area contributed by atoms with Crippen LogP contribution in [0.1, 0.15) is 26.7 Å². The van der Waals surface area contributed by atoms with E-state index in [1.807, 2.05) is 0 Å². The van der Waals surface area contributed by atoms with Gasteiger partial charge < -0.3 is 0 Å². The van der Waals surface area contributed by atoms with E-state index in [0.717, 1.165) is 0 Å². The third kappa shape index (κ3) is 3.74. The molecule has 0 heteroatoms. The Bertz CT molecular complexity index is 35.3. The molecule has 0 aliphatic heterocycles. The van der Waals surface area contributed by atoms with Crippen LogP contribution in [0.3, 0.4) is 0 Å². The van der Waals surface area contributed by atoms with Gasteiger partial charge in [-0.3, -0.25) is 0 Å². The van der Waals surface area contributed by atoms with Gasteiger partial charge in [-0.2, -0.15) is 0 Å². The zero-order valence-electron chi connectivity index (χ0n) is 4.57. The van der Waals surface area contributed by atoms with Crippen molar-refractivity contribution < 1.29 is 0 Å². The molecule has 0 bridgehead atoms. The van der Waals surface area contributed by atoms with Crippen molar-refractivity contribution in [3.05, 3.63) is 12.2 Å². The minimum absolute atomic E-state index is 1.23. The van der Waals surface area contributed by atoms with E-state index in [1.54, 1.807) is 0 Å². The highest BCUT2D eigenvalue weighted by atomic mass is 13.9. The summed E-state index contributed by atoms with van der Waals surface area (Å²) < 4.78 is 0. The molecule has 0 amide bonds. The number of hydrogen-bond acceptors (Lipinski definition) is 0. The lowest BCUT2D eigenvalue weighted by Crippen LogP contribution is -1.55. The standard InChI is InChI=1S/C6H12/c1-3-5-6-4-2/h3,5H,4,6H2,1-2H3/b5-3+/i2+1. The monoisotopic (exact) mass is 85.1 g/mol. The van der Waals surface area contributed by atoms with Gasteiger partial charge in [-0.15, -0.1) is 0 Å². The van der Waals surface area contributed by atoms with Crippen LogP contribution in [-0.2, 0) is 0 Å². The van der Waals surface area contributed by atoms with Crippen LogP contribution in [0.5, 0.6) is 0 Å². The molecule has 0 unspecified atom stereocenters. The van der Waals surface area contributed by atoms with E-state index >= 15 is 0 Å². The maximum absolute atomic E-state index is 2.18. The fourth-order valence-electron chi connectivity index (χ4n) is 0.333. The number of allylic oxidation sites excluding steroid dienone is 2. The molecule has 0 spiro atoms. The fraction of sp³-hybridized carbons (Fsp3) is 0.667. The summed E-state index contributed by atoms with van der Waals surface area (Å²) in [6.07, 6.45) is 6.77. The molecular weight excluding hydrogens is 73.1 g/mol. The van der Waals surface area contributed by atoms with Crippen molar-refractivity contribution in [2.24, 2.45) is 0 Å². The molecule has 6 heavy (non-hydrogen) atoms. The van der Waals surface area contributed by atoms with Gasteiger partial charge in [0.15, 0.2) is 0 Å². The molecule has 0 aromatic heterocycles. The molecule has 0 radical (unpaired) electrons. The van der Waals surface area contributed by atoms with Crippen molar-refractivity contribution in [3.8, 4) is 0 Å². The van der Waals surface area contributed by atoms with Crippen LogP contribution < -0.4 is 0 Å². The first kappa shape index (κ1) is 5.74. The Kier molecular flexibility index (Phi) is 4.53. The van der Waals surface area contributed by atoms with Crippen LogP contribution in [0.4, 0.5) is 0 Å². The van der Waals surface area contributed by atoms with Crippen molar-refractivity contribution in [1.29, 1.82) is 0 Å². The Hall–Kier alpha value is -0.260. The molecule has 0 rings (SSSR count). The number of hydrogen-bond donors (Lipinski definition) is 0. The first-order valence-corrected chi connectivity index (χ1v) is 2.53. The van der Waals surface area contributed by atoms with Crippen LogP contribution in [0, 0.1) is 0 Å². The molecule has 0 aliphatic carbocycles. The Morgan fingerprint density at radius 2 is 2.17 bits per heavy atom. The van der Waals surface area contributed by atoms with Gasteiger partial charge in [0.25, 0.3) is 0 Å². The second-order valence-corrected chi connectivity index (χ2v) is 1.36. The molecule has 0 N–H and O–H groups in total. The molecule has 0 atom stereocenters. The molecule has 0 fully saturated rings. The Morgan fingerprint density at radius 1 is 1.50 bits per heavy atom. The zero-order valence-corrected chi connectivity index (χ0v) is 4.57. The molecule has 0 aromatic carbocycles. The molecule has 0 aromatic rings. The van der Waals surface area contributed by atoms with Gasteiger partial charge in [0.2, 0.25) is 0 Å². The second kappa shape index (κ2) is 4.74. The number of rotatable bonds is 2. The van der Waals surface area contributed by atoms with Crippen molar-refractivity contribution in [2.75, 3.05) is 0 Å². The maximum atomic E-state index is 2.18.